The van der Waals surface area contributed by atoms with Crippen LogP contribution in [0.4, 0.5) is 11.5 Å². The van der Waals surface area contributed by atoms with Crippen LogP contribution >= 0.6 is 0 Å². The van der Waals surface area contributed by atoms with Crippen molar-refractivity contribution < 1.29 is 10.0 Å². The Bertz CT molecular complexity index is 438. The minimum absolute atomic E-state index is 0.0159. The molecule has 0 aliphatic heterocycles. The fourth-order valence-electron chi connectivity index (χ4n) is 2.01. The highest BCUT2D eigenvalue weighted by atomic mass is 16.6. The lowest BCUT2D eigenvalue weighted by Gasteiger charge is -2.41. The highest BCUT2D eigenvalue weighted by Gasteiger charge is 2.36. The molecule has 0 saturated heterocycles. The van der Waals surface area contributed by atoms with Gasteiger partial charge in [-0.2, -0.15) is 0 Å². The number of nitrogens with one attached hydrogen (secondary N) is 1. The summed E-state index contributed by atoms with van der Waals surface area (Å²) < 4.78 is 0. The van der Waals surface area contributed by atoms with Crippen LogP contribution in [0.1, 0.15) is 25.0 Å². The molecule has 1 aliphatic carbocycles. The fourth-order valence-corrected chi connectivity index (χ4v) is 2.01. The quantitative estimate of drug-likeness (QED) is 0.613. The molecule has 0 bridgehead atoms. The Morgan fingerprint density at radius 3 is 2.71 bits per heavy atom. The number of rotatable bonds is 4. The van der Waals surface area contributed by atoms with Crippen molar-refractivity contribution in [2.75, 3.05) is 11.9 Å². The molecule has 6 nitrogen and oxygen atoms in total. The predicted octanol–water partition coefficient (Wildman–Crippen LogP) is 1.63. The van der Waals surface area contributed by atoms with Gasteiger partial charge in [-0.25, -0.2) is 4.98 Å². The number of pyridine rings is 1. The topological polar surface area (TPSA) is 88.3 Å². The highest BCUT2D eigenvalue weighted by Crippen LogP contribution is 2.34. The number of aliphatic hydroxyl groups is 1. The van der Waals surface area contributed by atoms with Gasteiger partial charge in [-0.05, 0) is 32.3 Å². The maximum absolute atomic E-state index is 10.6. The van der Waals surface area contributed by atoms with Gasteiger partial charge in [-0.15, -0.1) is 0 Å². The molecule has 1 fully saturated rings. The molecule has 1 aromatic heterocycles. The van der Waals surface area contributed by atoms with Gasteiger partial charge in [0.2, 0.25) is 0 Å². The zero-order chi connectivity index (χ0) is 12.5. The third kappa shape index (κ3) is 2.21. The largest absolute Gasteiger partial charge is 0.394 e. The summed E-state index contributed by atoms with van der Waals surface area (Å²) >= 11 is 0. The van der Waals surface area contributed by atoms with Crippen LogP contribution in [0, 0.1) is 17.0 Å². The van der Waals surface area contributed by atoms with Crippen molar-refractivity contribution in [3.05, 3.63) is 27.9 Å². The van der Waals surface area contributed by atoms with Crippen molar-refractivity contribution in [1.82, 2.24) is 4.98 Å². The first-order valence-electron chi connectivity index (χ1n) is 5.57. The molecule has 0 aromatic carbocycles. The summed E-state index contributed by atoms with van der Waals surface area (Å²) in [7, 11) is 0. The molecule has 1 aromatic rings. The third-order valence-electron chi connectivity index (χ3n) is 3.26. The van der Waals surface area contributed by atoms with Gasteiger partial charge in [0.15, 0.2) is 0 Å². The van der Waals surface area contributed by atoms with Gasteiger partial charge < -0.3 is 10.4 Å². The molecule has 17 heavy (non-hydrogen) atoms. The van der Waals surface area contributed by atoms with Crippen molar-refractivity contribution in [1.29, 1.82) is 0 Å². The van der Waals surface area contributed by atoms with Gasteiger partial charge in [-0.3, -0.25) is 10.1 Å². The smallest absolute Gasteiger partial charge is 0.290 e. The average Bonchev–Trinajstić information content (AvgIpc) is 2.23. The molecule has 1 aliphatic rings. The van der Waals surface area contributed by atoms with E-state index in [0.717, 1.165) is 19.3 Å². The monoisotopic (exact) mass is 237 g/mol. The van der Waals surface area contributed by atoms with Crippen molar-refractivity contribution >= 4 is 11.5 Å². The molecular formula is C11H15N3O3. The van der Waals surface area contributed by atoms with E-state index in [0.29, 0.717) is 11.5 Å². The van der Waals surface area contributed by atoms with Gasteiger partial charge in [0.05, 0.1) is 17.1 Å². The molecule has 1 heterocycles. The van der Waals surface area contributed by atoms with Crippen LogP contribution in [0.2, 0.25) is 0 Å². The minimum atomic E-state index is -0.447. The summed E-state index contributed by atoms with van der Waals surface area (Å²) in [5.74, 6) is 0.585. The van der Waals surface area contributed by atoms with E-state index in [-0.39, 0.29) is 17.8 Å². The molecule has 6 heteroatoms. The Hall–Kier alpha value is -1.69. The molecule has 0 radical (unpaired) electrons. The molecule has 2 N–H and O–H groups in total. The molecule has 0 atom stereocenters. The summed E-state index contributed by atoms with van der Waals surface area (Å²) in [4.78, 5) is 14.3. The lowest BCUT2D eigenvalue weighted by Crippen LogP contribution is -2.48. The first-order valence-corrected chi connectivity index (χ1v) is 5.57. The molecule has 2 rings (SSSR count). The molecule has 92 valence electrons. The van der Waals surface area contributed by atoms with Crippen molar-refractivity contribution in [3.8, 4) is 0 Å². The first kappa shape index (κ1) is 11.8. The summed E-state index contributed by atoms with van der Waals surface area (Å²) in [6, 6.07) is 3.02. The summed E-state index contributed by atoms with van der Waals surface area (Å²) in [5, 5.41) is 23.1. The van der Waals surface area contributed by atoms with Crippen LogP contribution < -0.4 is 5.32 Å². The normalized spacial score (nSPS) is 17.3. The predicted molar refractivity (Wildman–Crippen MR) is 62.9 cm³/mol. The zero-order valence-corrected chi connectivity index (χ0v) is 9.64. The van der Waals surface area contributed by atoms with E-state index in [4.69, 9.17) is 0 Å². The lowest BCUT2D eigenvalue weighted by molar-refractivity contribution is -0.385. The fraction of sp³-hybridized carbons (Fsp3) is 0.545. The zero-order valence-electron chi connectivity index (χ0n) is 9.64. The Kier molecular flexibility index (Phi) is 2.97. The Morgan fingerprint density at radius 1 is 1.59 bits per heavy atom. The van der Waals surface area contributed by atoms with E-state index >= 15 is 0 Å². The second-order valence-electron chi connectivity index (χ2n) is 4.48. The standard InChI is InChI=1S/C11H15N3O3/c1-8-9(14(16)17)3-4-10(12-8)13-11(7-15)5-2-6-11/h3-4,15H,2,5-7H2,1H3,(H,12,13). The number of nitro groups is 1. The van der Waals surface area contributed by atoms with Crippen LogP contribution in [0.25, 0.3) is 0 Å². The van der Waals surface area contributed by atoms with Gasteiger partial charge in [-0.1, -0.05) is 0 Å². The SMILES string of the molecule is Cc1nc(NC2(CO)CCC2)ccc1[N+](=O)[O-]. The third-order valence-corrected chi connectivity index (χ3v) is 3.26. The number of hydrogen-bond acceptors (Lipinski definition) is 5. The first-order chi connectivity index (χ1) is 8.06. The summed E-state index contributed by atoms with van der Waals surface area (Å²) in [5.41, 5.74) is 0.116. The number of nitrogens with zero attached hydrogens (tertiary/aromatic N) is 2. The van der Waals surface area contributed by atoms with Crippen LogP contribution in [0.3, 0.4) is 0 Å². The average molecular weight is 237 g/mol. The van der Waals surface area contributed by atoms with E-state index in [1.54, 1.807) is 13.0 Å². The highest BCUT2D eigenvalue weighted by molar-refractivity contribution is 5.46. The Labute approximate surface area is 98.8 Å². The van der Waals surface area contributed by atoms with E-state index in [9.17, 15) is 15.2 Å². The minimum Gasteiger partial charge on any atom is -0.394 e. The number of anilines is 1. The van der Waals surface area contributed by atoms with Gasteiger partial charge in [0.25, 0.3) is 5.69 Å². The number of aryl methyl sites for hydroxylation is 1. The summed E-state index contributed by atoms with van der Waals surface area (Å²) in [6.45, 7) is 1.67. The van der Waals surface area contributed by atoms with Crippen LogP contribution in [0.5, 0.6) is 0 Å². The second kappa shape index (κ2) is 4.29. The van der Waals surface area contributed by atoms with Gasteiger partial charge >= 0.3 is 0 Å². The van der Waals surface area contributed by atoms with Crippen molar-refractivity contribution in [3.63, 3.8) is 0 Å². The summed E-state index contributed by atoms with van der Waals surface area (Å²) in [6.07, 6.45) is 2.89. The van der Waals surface area contributed by atoms with Crippen molar-refractivity contribution in [2.24, 2.45) is 0 Å². The van der Waals surface area contributed by atoms with Crippen LogP contribution in [-0.4, -0.2) is 27.2 Å². The van der Waals surface area contributed by atoms with Gasteiger partial charge in [0.1, 0.15) is 11.5 Å². The van der Waals surface area contributed by atoms with Crippen molar-refractivity contribution in [2.45, 2.75) is 31.7 Å². The number of hydrogen-bond donors (Lipinski definition) is 2. The van der Waals surface area contributed by atoms with Crippen LogP contribution in [0.15, 0.2) is 12.1 Å². The maximum Gasteiger partial charge on any atom is 0.290 e. The molecular weight excluding hydrogens is 222 g/mol. The lowest BCUT2D eigenvalue weighted by atomic mass is 9.77. The van der Waals surface area contributed by atoms with E-state index in [1.165, 1.54) is 6.07 Å². The molecule has 1 saturated carbocycles. The Morgan fingerprint density at radius 2 is 2.29 bits per heavy atom. The Balaban J connectivity index is 2.17. The van der Waals surface area contributed by atoms with Gasteiger partial charge in [0, 0.05) is 6.07 Å². The number of aromatic nitrogens is 1. The second-order valence-corrected chi connectivity index (χ2v) is 4.48. The maximum atomic E-state index is 10.6. The van der Waals surface area contributed by atoms with E-state index < -0.39 is 4.92 Å². The molecule has 0 spiro atoms. The molecule has 0 unspecified atom stereocenters. The number of aliphatic hydroxyl groups excluding tert-OH is 1. The van der Waals surface area contributed by atoms with E-state index in [1.807, 2.05) is 0 Å². The van der Waals surface area contributed by atoms with Crippen LogP contribution in [-0.2, 0) is 0 Å². The molecule has 0 amide bonds. The van der Waals surface area contributed by atoms with E-state index in [2.05, 4.69) is 10.3 Å².